The van der Waals surface area contributed by atoms with Crippen molar-refractivity contribution >= 4 is 11.9 Å². The monoisotopic (exact) mass is 189 g/mol. The molecule has 0 radical (unpaired) electrons. The minimum Gasteiger partial charge on any atom is -0.481 e. The molecule has 0 aliphatic rings. The Balaban J connectivity index is 4.91. The average molecular weight is 189 g/mol. The summed E-state index contributed by atoms with van der Waals surface area (Å²) in [5.74, 6) is -3.45. The lowest BCUT2D eigenvalue weighted by molar-refractivity contribution is -0.155. The van der Waals surface area contributed by atoms with Crippen molar-refractivity contribution in [1.82, 2.24) is 0 Å². The number of nitrogens with two attached hydrogens (primary N) is 1. The third kappa shape index (κ3) is 2.18. The van der Waals surface area contributed by atoms with E-state index in [0.717, 1.165) is 0 Å². The Labute approximate surface area is 76.5 Å². The molecule has 0 aromatic carbocycles. The molecule has 0 aliphatic heterocycles. The Bertz CT molecular complexity index is 216. The molecule has 0 aliphatic carbocycles. The molecule has 0 saturated carbocycles. The summed E-state index contributed by atoms with van der Waals surface area (Å²) in [4.78, 5) is 21.5. The van der Waals surface area contributed by atoms with E-state index in [9.17, 15) is 9.59 Å². The summed E-state index contributed by atoms with van der Waals surface area (Å²) in [6, 6.07) is 0. The van der Waals surface area contributed by atoms with Gasteiger partial charge in [-0.25, -0.2) is 0 Å². The Hall–Kier alpha value is -1.10. The summed E-state index contributed by atoms with van der Waals surface area (Å²) in [5.41, 5.74) is 3.86. The van der Waals surface area contributed by atoms with Gasteiger partial charge in [0.15, 0.2) is 0 Å². The fourth-order valence-electron chi connectivity index (χ4n) is 1.31. The first kappa shape index (κ1) is 11.9. The molecule has 0 aromatic rings. The number of hydrogen-bond acceptors (Lipinski definition) is 3. The Kier molecular flexibility index (Phi) is 3.87. The van der Waals surface area contributed by atoms with Crippen LogP contribution in [0, 0.1) is 5.92 Å². The second-order valence-corrected chi connectivity index (χ2v) is 3.00. The third-order valence-corrected chi connectivity index (χ3v) is 2.31. The number of hydrogen-bond donors (Lipinski definition) is 3. The van der Waals surface area contributed by atoms with E-state index in [4.69, 9.17) is 15.9 Å². The molecule has 0 bridgehead atoms. The van der Waals surface area contributed by atoms with Gasteiger partial charge in [-0.15, -0.1) is 0 Å². The first-order valence-electron chi connectivity index (χ1n) is 4.15. The van der Waals surface area contributed by atoms with E-state index >= 15 is 0 Å². The van der Waals surface area contributed by atoms with Crippen molar-refractivity contribution in [2.75, 3.05) is 0 Å². The van der Waals surface area contributed by atoms with Crippen molar-refractivity contribution in [2.45, 2.75) is 32.2 Å². The topological polar surface area (TPSA) is 101 Å². The van der Waals surface area contributed by atoms with Gasteiger partial charge in [-0.2, -0.15) is 0 Å². The van der Waals surface area contributed by atoms with Crippen LogP contribution in [0.2, 0.25) is 0 Å². The van der Waals surface area contributed by atoms with Crippen molar-refractivity contribution in [3.05, 3.63) is 0 Å². The molecule has 0 spiro atoms. The summed E-state index contributed by atoms with van der Waals surface area (Å²) in [6.45, 7) is 3.18. The highest BCUT2D eigenvalue weighted by Gasteiger charge is 2.43. The van der Waals surface area contributed by atoms with Gasteiger partial charge in [0, 0.05) is 0 Å². The first-order chi connectivity index (χ1) is 5.90. The van der Waals surface area contributed by atoms with Crippen molar-refractivity contribution in [3.63, 3.8) is 0 Å². The number of aliphatic carboxylic acids is 2. The zero-order valence-corrected chi connectivity index (χ0v) is 7.78. The molecule has 5 heteroatoms. The number of carboxylic acids is 2. The van der Waals surface area contributed by atoms with Gasteiger partial charge in [-0.1, -0.05) is 13.8 Å². The summed E-state index contributed by atoms with van der Waals surface area (Å²) in [7, 11) is 0. The molecule has 5 nitrogen and oxygen atoms in total. The highest BCUT2D eigenvalue weighted by molar-refractivity contribution is 5.86. The van der Waals surface area contributed by atoms with Gasteiger partial charge in [0.05, 0.1) is 5.92 Å². The van der Waals surface area contributed by atoms with E-state index in [-0.39, 0.29) is 12.8 Å². The molecule has 2 unspecified atom stereocenters. The average Bonchev–Trinajstić information content (AvgIpc) is 2.04. The van der Waals surface area contributed by atoms with Crippen LogP contribution in [0.5, 0.6) is 0 Å². The molecule has 2 atom stereocenters. The van der Waals surface area contributed by atoms with E-state index in [1.807, 2.05) is 0 Å². The fraction of sp³-hybridized carbons (Fsp3) is 0.750. The molecular weight excluding hydrogens is 174 g/mol. The summed E-state index contributed by atoms with van der Waals surface area (Å²) in [6.07, 6.45) is 0.319. The molecule has 0 heterocycles. The predicted molar refractivity (Wildman–Crippen MR) is 46.3 cm³/mol. The van der Waals surface area contributed by atoms with Gasteiger partial charge in [0.25, 0.3) is 0 Å². The van der Waals surface area contributed by atoms with Crippen LogP contribution in [0.15, 0.2) is 0 Å². The predicted octanol–water partition coefficient (Wildman–Crippen LogP) is 0.289. The highest BCUT2D eigenvalue weighted by Crippen LogP contribution is 2.22. The van der Waals surface area contributed by atoms with Crippen LogP contribution in [0.1, 0.15) is 26.7 Å². The summed E-state index contributed by atoms with van der Waals surface area (Å²) in [5, 5.41) is 17.5. The molecule has 13 heavy (non-hydrogen) atoms. The van der Waals surface area contributed by atoms with Gasteiger partial charge in [0.2, 0.25) is 0 Å². The number of carbonyl (C=O) groups is 2. The van der Waals surface area contributed by atoms with Crippen LogP contribution in [-0.2, 0) is 9.59 Å². The van der Waals surface area contributed by atoms with Gasteiger partial charge >= 0.3 is 11.9 Å². The van der Waals surface area contributed by atoms with Gasteiger partial charge < -0.3 is 15.9 Å². The lowest BCUT2D eigenvalue weighted by atomic mass is 9.81. The minimum absolute atomic E-state index is 0.104. The smallest absolute Gasteiger partial charge is 0.324 e. The number of carboxylic acid groups (broad SMARTS) is 2. The zero-order valence-electron chi connectivity index (χ0n) is 7.78. The van der Waals surface area contributed by atoms with E-state index in [1.54, 1.807) is 13.8 Å². The maximum atomic E-state index is 10.8. The standard InChI is InChI=1S/C8H15NO4/c1-3-5(6(10)11)8(9,4-2)7(12)13/h5H,3-4,9H2,1-2H3,(H,10,11)(H,12,13). The second kappa shape index (κ2) is 4.23. The largest absolute Gasteiger partial charge is 0.481 e. The molecule has 0 fully saturated rings. The normalized spacial score (nSPS) is 17.5. The molecule has 0 saturated heterocycles. The fourth-order valence-corrected chi connectivity index (χ4v) is 1.31. The van der Waals surface area contributed by atoms with Crippen LogP contribution in [0.3, 0.4) is 0 Å². The van der Waals surface area contributed by atoms with Crippen molar-refractivity contribution in [1.29, 1.82) is 0 Å². The van der Waals surface area contributed by atoms with Crippen LogP contribution in [0.25, 0.3) is 0 Å². The quantitative estimate of drug-likeness (QED) is 0.577. The second-order valence-electron chi connectivity index (χ2n) is 3.00. The van der Waals surface area contributed by atoms with Crippen LogP contribution in [0.4, 0.5) is 0 Å². The van der Waals surface area contributed by atoms with E-state index in [1.165, 1.54) is 0 Å². The van der Waals surface area contributed by atoms with Gasteiger partial charge in [-0.05, 0) is 12.8 Å². The van der Waals surface area contributed by atoms with Crippen LogP contribution in [-0.4, -0.2) is 27.7 Å². The minimum atomic E-state index is -1.65. The van der Waals surface area contributed by atoms with Crippen molar-refractivity contribution in [2.24, 2.45) is 11.7 Å². The summed E-state index contributed by atoms with van der Waals surface area (Å²) >= 11 is 0. The molecule has 0 rings (SSSR count). The maximum Gasteiger partial charge on any atom is 0.324 e. The van der Waals surface area contributed by atoms with Crippen LogP contribution < -0.4 is 5.73 Å². The number of rotatable bonds is 5. The SMILES string of the molecule is CCC(C(=O)O)C(N)(CC)C(=O)O. The Morgan fingerprint density at radius 1 is 1.38 bits per heavy atom. The van der Waals surface area contributed by atoms with Gasteiger partial charge in [-0.3, -0.25) is 9.59 Å². The van der Waals surface area contributed by atoms with Crippen LogP contribution >= 0.6 is 0 Å². The van der Waals surface area contributed by atoms with E-state index < -0.39 is 23.4 Å². The lowest BCUT2D eigenvalue weighted by Crippen LogP contribution is -2.56. The summed E-state index contributed by atoms with van der Waals surface area (Å²) < 4.78 is 0. The molecular formula is C8H15NO4. The lowest BCUT2D eigenvalue weighted by Gasteiger charge is -2.28. The first-order valence-corrected chi connectivity index (χ1v) is 4.15. The Morgan fingerprint density at radius 2 is 1.85 bits per heavy atom. The van der Waals surface area contributed by atoms with Crippen molar-refractivity contribution in [3.8, 4) is 0 Å². The van der Waals surface area contributed by atoms with Crippen molar-refractivity contribution < 1.29 is 19.8 Å². The molecule has 0 amide bonds. The Morgan fingerprint density at radius 3 is 1.92 bits per heavy atom. The molecule has 4 N–H and O–H groups in total. The molecule has 76 valence electrons. The zero-order chi connectivity index (χ0) is 10.6. The van der Waals surface area contributed by atoms with Gasteiger partial charge in [0.1, 0.15) is 5.54 Å². The van der Waals surface area contributed by atoms with E-state index in [0.29, 0.717) is 0 Å². The third-order valence-electron chi connectivity index (χ3n) is 2.31. The maximum absolute atomic E-state index is 10.8. The highest BCUT2D eigenvalue weighted by atomic mass is 16.4. The van der Waals surface area contributed by atoms with E-state index in [2.05, 4.69) is 0 Å². The molecule has 0 aromatic heterocycles.